The molecule has 3 aromatic heterocycles. The minimum absolute atomic E-state index is 0. The zero-order chi connectivity index (χ0) is 45.6. The van der Waals surface area contributed by atoms with Crippen molar-refractivity contribution in [3.8, 4) is 0 Å². The molecule has 0 bridgehead atoms. The molecule has 4 aliphatic heterocycles. The summed E-state index contributed by atoms with van der Waals surface area (Å²) in [6, 6.07) is 22.9. The molecule has 0 aliphatic carbocycles. The van der Waals surface area contributed by atoms with Gasteiger partial charge in [0.15, 0.2) is 0 Å². The molecule has 0 radical (unpaired) electrons. The maximum Gasteiger partial charge on any atom is 0.264 e. The summed E-state index contributed by atoms with van der Waals surface area (Å²) in [7, 11) is -3.38. The van der Waals surface area contributed by atoms with E-state index in [1.54, 1.807) is 58.3 Å². The number of aromatic nitrogens is 2. The summed E-state index contributed by atoms with van der Waals surface area (Å²) in [4.78, 5) is 49.1. The molecule has 0 spiro atoms. The van der Waals surface area contributed by atoms with Crippen molar-refractivity contribution in [1.82, 2.24) is 38.2 Å². The third kappa shape index (κ3) is 9.15. The van der Waals surface area contributed by atoms with Gasteiger partial charge >= 0.3 is 0 Å². The molecule has 344 valence electrons. The molecule has 7 heterocycles. The summed E-state index contributed by atoms with van der Waals surface area (Å²) in [5.74, 6) is 1.68. The highest BCUT2D eigenvalue weighted by molar-refractivity contribution is 7.89. The van der Waals surface area contributed by atoms with Crippen LogP contribution in [0.1, 0.15) is 34.0 Å². The van der Waals surface area contributed by atoms with Crippen molar-refractivity contribution in [1.29, 1.82) is 0 Å². The molecule has 2 fully saturated rings. The highest BCUT2D eigenvalue weighted by atomic mass is 35.5. The number of carbonyl (C=O) groups excluding carboxylic acids is 2. The first-order valence-corrected chi connectivity index (χ1v) is 25.5. The van der Waals surface area contributed by atoms with E-state index in [9.17, 15) is 26.4 Å². The quantitative estimate of drug-likeness (QED) is 0.190. The van der Waals surface area contributed by atoms with Gasteiger partial charge in [-0.2, -0.15) is 8.61 Å². The summed E-state index contributed by atoms with van der Waals surface area (Å²) in [5, 5.41) is 4.82. The Morgan fingerprint density at radius 2 is 1.05 bits per heavy atom. The van der Waals surface area contributed by atoms with Crippen molar-refractivity contribution in [3.05, 3.63) is 116 Å². The minimum Gasteiger partial charge on any atom is -0.358 e. The Bertz CT molecular complexity index is 3090. The predicted molar refractivity (Wildman–Crippen MR) is 259 cm³/mol. The third-order valence-electron chi connectivity index (χ3n) is 12.0. The zero-order valence-corrected chi connectivity index (χ0v) is 39.5. The number of thiophene rings is 1. The van der Waals surface area contributed by atoms with Crippen LogP contribution >= 0.6 is 34.5 Å². The Labute approximate surface area is 393 Å². The van der Waals surface area contributed by atoms with E-state index >= 15 is 0 Å². The van der Waals surface area contributed by atoms with Crippen LogP contribution in [-0.2, 0) is 20.0 Å². The van der Waals surface area contributed by atoms with E-state index < -0.39 is 20.0 Å². The van der Waals surface area contributed by atoms with Crippen LogP contribution in [0.15, 0.2) is 104 Å². The molecule has 0 unspecified atom stereocenters. The van der Waals surface area contributed by atoms with E-state index in [1.807, 2.05) is 49.8 Å². The van der Waals surface area contributed by atoms with Crippen molar-refractivity contribution in [3.63, 3.8) is 0 Å². The Hall–Kier alpha value is -5.28. The largest absolute Gasteiger partial charge is 0.358 e. The zero-order valence-electron chi connectivity index (χ0n) is 35.6. The second kappa shape index (κ2) is 18.2. The van der Waals surface area contributed by atoms with E-state index in [1.165, 1.54) is 19.9 Å². The second-order valence-corrected chi connectivity index (χ2v) is 21.8. The number of aromatic amines is 2. The number of amidine groups is 2. The van der Waals surface area contributed by atoms with Gasteiger partial charge in [0, 0.05) is 136 Å². The molecule has 2 N–H and O–H groups in total. The van der Waals surface area contributed by atoms with Gasteiger partial charge in [0.05, 0.1) is 18.0 Å². The average Bonchev–Trinajstić information content (AvgIpc) is 4.17. The van der Waals surface area contributed by atoms with Crippen LogP contribution in [0.25, 0.3) is 21.8 Å². The molecule has 2 amide bonds. The lowest BCUT2D eigenvalue weighted by Crippen LogP contribution is -2.50. The van der Waals surface area contributed by atoms with Gasteiger partial charge in [0.2, 0.25) is 0 Å². The molecule has 2 saturated heterocycles. The smallest absolute Gasteiger partial charge is 0.264 e. The number of halogens is 2. The first-order valence-electron chi connectivity index (χ1n) is 21.0. The molecular formula is C44H50Cl2N10O6S3. The van der Waals surface area contributed by atoms with Gasteiger partial charge in [-0.05, 0) is 66.7 Å². The van der Waals surface area contributed by atoms with Gasteiger partial charge in [-0.15, -0.1) is 11.3 Å². The van der Waals surface area contributed by atoms with Gasteiger partial charge in [0.25, 0.3) is 31.9 Å². The van der Waals surface area contributed by atoms with Gasteiger partial charge in [-0.3, -0.25) is 19.6 Å². The highest BCUT2D eigenvalue weighted by Crippen LogP contribution is 2.28. The number of aliphatic imine (C=N–C) groups is 2. The fourth-order valence-electron chi connectivity index (χ4n) is 8.33. The predicted octanol–water partition coefficient (Wildman–Crippen LogP) is 5.87. The average molecular weight is 984 g/mol. The number of fused-ring (bicyclic) bond motifs is 2. The monoisotopic (exact) mass is 982 g/mol. The SMILES string of the molecule is CN1CCN=C1c1ccc(C(=O)N2CCN(S(=O)(=O)c3cc4cc(Cl)ccc4[nH]3)CC2)cc1.CN1CCN=C1c1csc(C(=O)N2CCN(S(=O)(=O)c3cc4cc(Cl)ccc4[nH]3)CC2)c1.[2HH].[2HH]. The van der Waals surface area contributed by atoms with Gasteiger partial charge in [-0.25, -0.2) is 16.8 Å². The second-order valence-electron chi connectivity index (χ2n) is 16.2. The molecular weight excluding hydrogens is 932 g/mol. The van der Waals surface area contributed by atoms with Gasteiger partial charge < -0.3 is 29.6 Å². The lowest BCUT2D eigenvalue weighted by molar-refractivity contribution is 0.0693. The van der Waals surface area contributed by atoms with E-state index in [0.29, 0.717) is 57.7 Å². The molecule has 6 aromatic rings. The number of H-pyrrole nitrogens is 2. The lowest BCUT2D eigenvalue weighted by atomic mass is 10.1. The number of likely N-dealkylation sites (N-methyl/N-ethyl adjacent to an activating group) is 2. The summed E-state index contributed by atoms with van der Waals surface area (Å²) in [6.07, 6.45) is 0. The Kier molecular flexibility index (Phi) is 12.6. The molecule has 0 atom stereocenters. The van der Waals surface area contributed by atoms with Crippen molar-refractivity contribution >= 4 is 99.9 Å². The van der Waals surface area contributed by atoms with Gasteiger partial charge in [-0.1, -0.05) is 35.3 Å². The van der Waals surface area contributed by atoms with E-state index in [2.05, 4.69) is 29.8 Å². The van der Waals surface area contributed by atoms with Crippen molar-refractivity contribution < 1.29 is 29.3 Å². The van der Waals surface area contributed by atoms with Crippen LogP contribution in [0.2, 0.25) is 10.0 Å². The minimum atomic E-state index is -3.69. The summed E-state index contributed by atoms with van der Waals surface area (Å²) in [6.45, 7) is 5.67. The third-order valence-corrected chi connectivity index (χ3v) is 17.0. The fourth-order valence-corrected chi connectivity index (χ4v) is 12.4. The Morgan fingerprint density at radius 1 is 0.585 bits per heavy atom. The van der Waals surface area contributed by atoms with Crippen LogP contribution in [0.5, 0.6) is 0 Å². The van der Waals surface area contributed by atoms with E-state index in [-0.39, 0.29) is 50.9 Å². The van der Waals surface area contributed by atoms with Crippen molar-refractivity contribution in [2.75, 3.05) is 92.6 Å². The molecule has 0 saturated carbocycles. The van der Waals surface area contributed by atoms with Crippen LogP contribution in [0.3, 0.4) is 0 Å². The van der Waals surface area contributed by atoms with Crippen LogP contribution in [-0.4, -0.2) is 171 Å². The maximum absolute atomic E-state index is 13.1. The number of hydrogen-bond donors (Lipinski definition) is 2. The van der Waals surface area contributed by atoms with E-state index in [4.69, 9.17) is 23.2 Å². The van der Waals surface area contributed by atoms with E-state index in [0.717, 1.165) is 59.7 Å². The molecule has 4 aliphatic rings. The molecule has 10 rings (SSSR count). The highest BCUT2D eigenvalue weighted by Gasteiger charge is 2.34. The van der Waals surface area contributed by atoms with Crippen molar-refractivity contribution in [2.45, 2.75) is 10.1 Å². The normalized spacial score (nSPS) is 17.7. The number of nitrogens with zero attached hydrogens (tertiary/aromatic N) is 8. The molecule has 16 nitrogen and oxygen atoms in total. The van der Waals surface area contributed by atoms with Gasteiger partial charge in [0.1, 0.15) is 21.7 Å². The number of carbonyl (C=O) groups is 2. The molecule has 3 aromatic carbocycles. The maximum atomic E-state index is 13.1. The van der Waals surface area contributed by atoms with Crippen LogP contribution in [0, 0.1) is 0 Å². The summed E-state index contributed by atoms with van der Waals surface area (Å²) >= 11 is 13.4. The summed E-state index contributed by atoms with van der Waals surface area (Å²) in [5.41, 5.74) is 3.96. The number of piperazine rings is 2. The molecule has 65 heavy (non-hydrogen) atoms. The number of nitrogens with one attached hydrogen (secondary N) is 2. The topological polar surface area (TPSA) is 178 Å². The fraction of sp³-hybridized carbons (Fsp3) is 0.318. The Morgan fingerprint density at radius 3 is 1.51 bits per heavy atom. The Balaban J connectivity index is 0.000000193. The summed E-state index contributed by atoms with van der Waals surface area (Å²) < 4.78 is 55.3. The number of rotatable bonds is 8. The van der Waals surface area contributed by atoms with Crippen LogP contribution < -0.4 is 0 Å². The number of amides is 2. The standard InChI is InChI=1S/C23H24ClN5O3S.C21H22ClN5O3S2.2H2/c1-27-9-8-25-22(27)16-2-4-17(5-3-16)23(30)28-10-12-29(13-11-28)33(31,32)21-15-18-14-19(24)6-7-20(18)26-21;1-25-5-4-23-20(25)15-11-18(31-13-15)21(28)26-6-8-27(9-7-26)32(29,30)19-12-14-10-16(22)2-3-17(14)24-19;;/h2-7,14-15,26H,8-13H2,1H3;2-3,10-13,24H,4-9H2,1H3;2*1H/i;;2*1+1. The number of hydrogen-bond acceptors (Lipinski definition) is 11. The lowest BCUT2D eigenvalue weighted by Gasteiger charge is -2.33. The molecule has 21 heteroatoms. The van der Waals surface area contributed by atoms with Crippen molar-refractivity contribution in [2.24, 2.45) is 9.98 Å². The number of sulfonamides is 2. The first kappa shape index (κ1) is 44.9. The number of benzene rings is 3. The van der Waals surface area contributed by atoms with Crippen LogP contribution in [0.4, 0.5) is 0 Å². The first-order chi connectivity index (χ1) is 31.1.